The first kappa shape index (κ1) is 11.3. The molecular weight excluding hydrogens is 172 g/mol. The minimum absolute atomic E-state index is 0.112. The summed E-state index contributed by atoms with van der Waals surface area (Å²) in [6.07, 6.45) is -2.49. The highest BCUT2D eigenvalue weighted by atomic mass is 19.2. The Morgan fingerprint density at radius 2 is 1.83 bits per heavy atom. The molecule has 0 aromatic carbocycles. The molecule has 12 heavy (non-hydrogen) atoms. The average Bonchev–Trinajstić information content (AvgIpc) is 2.11. The molecule has 0 nitrogen and oxygen atoms in total. The van der Waals surface area contributed by atoms with Crippen molar-refractivity contribution in [2.75, 3.05) is 6.67 Å². The quantitative estimate of drug-likeness (QED) is 0.452. The van der Waals surface area contributed by atoms with Crippen molar-refractivity contribution in [1.82, 2.24) is 0 Å². The van der Waals surface area contributed by atoms with Gasteiger partial charge in [-0.15, -0.1) is 6.42 Å². The normalized spacial score (nSPS) is 17.9. The van der Waals surface area contributed by atoms with Gasteiger partial charge in [-0.2, -0.15) is 0 Å². The van der Waals surface area contributed by atoms with E-state index < -0.39 is 25.2 Å². The van der Waals surface area contributed by atoms with Gasteiger partial charge in [-0.25, -0.2) is 13.2 Å². The smallest absolute Gasteiger partial charge is 0.194 e. The topological polar surface area (TPSA) is 0 Å². The van der Waals surface area contributed by atoms with Crippen LogP contribution in [0.2, 0.25) is 0 Å². The predicted molar refractivity (Wildman–Crippen MR) is 38.7 cm³/mol. The molecule has 0 amide bonds. The Balaban J connectivity index is 3.77. The van der Waals surface area contributed by atoms with Gasteiger partial charge in [-0.1, -0.05) is 5.92 Å². The van der Waals surface area contributed by atoms with Gasteiger partial charge < -0.3 is 0 Å². The van der Waals surface area contributed by atoms with E-state index in [1.54, 1.807) is 0 Å². The lowest BCUT2D eigenvalue weighted by atomic mass is 10.1. The van der Waals surface area contributed by atoms with E-state index in [1.807, 2.05) is 0 Å². The molecule has 0 aliphatic rings. The summed E-state index contributed by atoms with van der Waals surface area (Å²) in [7, 11) is 0. The Hall–Kier alpha value is -0.720. The molecule has 3 unspecified atom stereocenters. The molecule has 0 aromatic heterocycles. The fourth-order valence-electron chi connectivity index (χ4n) is 0.707. The third-order valence-electron chi connectivity index (χ3n) is 1.40. The fraction of sp³-hybridized carbons (Fsp3) is 0.750. The number of hydrogen-bond donors (Lipinski definition) is 0. The molecule has 0 bridgehead atoms. The Morgan fingerprint density at radius 1 is 1.25 bits per heavy atom. The van der Waals surface area contributed by atoms with Crippen LogP contribution in [-0.4, -0.2) is 25.2 Å². The van der Waals surface area contributed by atoms with E-state index in [9.17, 15) is 17.6 Å². The summed E-state index contributed by atoms with van der Waals surface area (Å²) in [5.74, 6) is 1.45. The summed E-state index contributed by atoms with van der Waals surface area (Å²) < 4.78 is 48.8. The molecule has 70 valence electrons. The summed E-state index contributed by atoms with van der Waals surface area (Å²) in [5, 5.41) is 0. The third-order valence-corrected chi connectivity index (χ3v) is 1.40. The van der Waals surface area contributed by atoms with E-state index in [2.05, 4.69) is 6.42 Å². The molecule has 0 spiro atoms. The van der Waals surface area contributed by atoms with Gasteiger partial charge >= 0.3 is 0 Å². The van der Waals surface area contributed by atoms with E-state index in [0.29, 0.717) is 0 Å². The molecule has 0 heterocycles. The summed E-state index contributed by atoms with van der Waals surface area (Å²) in [6, 6.07) is 0. The Bertz CT molecular complexity index is 152. The highest BCUT2D eigenvalue weighted by Gasteiger charge is 2.27. The van der Waals surface area contributed by atoms with Gasteiger partial charge in [-0.05, 0) is 12.8 Å². The zero-order chi connectivity index (χ0) is 9.56. The fourth-order valence-corrected chi connectivity index (χ4v) is 0.707. The van der Waals surface area contributed by atoms with E-state index in [0.717, 1.165) is 0 Å². The minimum atomic E-state index is -2.33. The molecule has 0 aliphatic carbocycles. The maximum absolute atomic E-state index is 12.5. The number of terminal acetylenes is 1. The van der Waals surface area contributed by atoms with Crippen molar-refractivity contribution in [1.29, 1.82) is 0 Å². The zero-order valence-corrected chi connectivity index (χ0v) is 6.44. The average molecular weight is 182 g/mol. The lowest BCUT2D eigenvalue weighted by Crippen LogP contribution is -2.27. The third kappa shape index (κ3) is 3.61. The summed E-state index contributed by atoms with van der Waals surface area (Å²) >= 11 is 0. The number of hydrogen-bond acceptors (Lipinski definition) is 0. The second kappa shape index (κ2) is 5.87. The Morgan fingerprint density at radius 3 is 2.25 bits per heavy atom. The van der Waals surface area contributed by atoms with E-state index in [1.165, 1.54) is 5.92 Å². The monoisotopic (exact) mass is 182 g/mol. The second-order valence-electron chi connectivity index (χ2n) is 2.36. The van der Waals surface area contributed by atoms with Crippen molar-refractivity contribution in [3.8, 4) is 12.3 Å². The van der Waals surface area contributed by atoms with Crippen LogP contribution >= 0.6 is 0 Å². The van der Waals surface area contributed by atoms with Crippen LogP contribution in [0.25, 0.3) is 0 Å². The molecule has 0 N–H and O–H groups in total. The molecule has 3 atom stereocenters. The van der Waals surface area contributed by atoms with E-state index in [-0.39, 0.29) is 12.8 Å². The van der Waals surface area contributed by atoms with Crippen molar-refractivity contribution in [2.45, 2.75) is 31.4 Å². The van der Waals surface area contributed by atoms with Crippen molar-refractivity contribution in [3.05, 3.63) is 0 Å². The molecule has 0 aliphatic heterocycles. The van der Waals surface area contributed by atoms with Crippen LogP contribution in [0, 0.1) is 12.3 Å². The van der Waals surface area contributed by atoms with Crippen LogP contribution in [0.4, 0.5) is 17.6 Å². The van der Waals surface area contributed by atoms with E-state index in [4.69, 9.17) is 0 Å². The second-order valence-corrected chi connectivity index (χ2v) is 2.36. The van der Waals surface area contributed by atoms with Gasteiger partial charge in [0, 0.05) is 0 Å². The molecule has 0 fully saturated rings. The zero-order valence-electron chi connectivity index (χ0n) is 6.44. The lowest BCUT2D eigenvalue weighted by molar-refractivity contribution is 0.100. The molecule has 4 heteroatoms. The van der Waals surface area contributed by atoms with Crippen LogP contribution in [0.5, 0.6) is 0 Å². The first-order valence-corrected chi connectivity index (χ1v) is 3.57. The van der Waals surface area contributed by atoms with Crippen molar-refractivity contribution >= 4 is 0 Å². The number of alkyl halides is 4. The largest absolute Gasteiger partial charge is 0.251 e. The standard InChI is InChI=1S/C8H10F4/c1-2-6(10)8(12)7(11)4-3-5-9/h1,6-8H,3-5H2. The molecular formula is C8H10F4. The van der Waals surface area contributed by atoms with Crippen LogP contribution in [0.15, 0.2) is 0 Å². The highest BCUT2D eigenvalue weighted by Crippen LogP contribution is 2.15. The molecule has 0 rings (SSSR count). The predicted octanol–water partition coefficient (Wildman–Crippen LogP) is 2.38. The van der Waals surface area contributed by atoms with Gasteiger partial charge in [0.25, 0.3) is 0 Å². The maximum atomic E-state index is 12.5. The highest BCUT2D eigenvalue weighted by molar-refractivity contribution is 4.99. The SMILES string of the molecule is C#CC(F)C(F)C(F)CCCF. The summed E-state index contributed by atoms with van der Waals surface area (Å²) in [4.78, 5) is 0. The first-order chi connectivity index (χ1) is 5.63. The van der Waals surface area contributed by atoms with Crippen molar-refractivity contribution in [2.24, 2.45) is 0 Å². The lowest BCUT2D eigenvalue weighted by Gasteiger charge is -2.12. The van der Waals surface area contributed by atoms with Gasteiger partial charge in [0.1, 0.15) is 6.17 Å². The summed E-state index contributed by atoms with van der Waals surface area (Å²) in [6.45, 7) is -0.736. The van der Waals surface area contributed by atoms with Gasteiger partial charge in [0.05, 0.1) is 6.67 Å². The van der Waals surface area contributed by atoms with Crippen molar-refractivity contribution < 1.29 is 17.6 Å². The van der Waals surface area contributed by atoms with Crippen LogP contribution < -0.4 is 0 Å². The summed E-state index contributed by atoms with van der Waals surface area (Å²) in [5.41, 5.74) is 0. The maximum Gasteiger partial charge on any atom is 0.194 e. The molecule has 0 radical (unpaired) electrons. The van der Waals surface area contributed by atoms with Crippen LogP contribution in [-0.2, 0) is 0 Å². The molecule has 0 saturated heterocycles. The number of rotatable bonds is 5. The Labute approximate surface area is 69.0 Å². The van der Waals surface area contributed by atoms with Gasteiger partial charge in [0.2, 0.25) is 0 Å². The van der Waals surface area contributed by atoms with Crippen LogP contribution in [0.1, 0.15) is 12.8 Å². The van der Waals surface area contributed by atoms with Gasteiger partial charge in [-0.3, -0.25) is 4.39 Å². The Kier molecular flexibility index (Phi) is 5.52. The minimum Gasteiger partial charge on any atom is -0.251 e. The van der Waals surface area contributed by atoms with Crippen molar-refractivity contribution in [3.63, 3.8) is 0 Å². The van der Waals surface area contributed by atoms with Gasteiger partial charge in [0.15, 0.2) is 12.3 Å². The molecule has 0 aromatic rings. The number of halogens is 4. The first-order valence-electron chi connectivity index (χ1n) is 3.57. The molecule has 0 saturated carbocycles. The van der Waals surface area contributed by atoms with E-state index >= 15 is 0 Å². The van der Waals surface area contributed by atoms with Crippen LogP contribution in [0.3, 0.4) is 0 Å².